The Morgan fingerprint density at radius 2 is 1.93 bits per heavy atom. The molecule has 2 N–H and O–H groups in total. The molecular formula is C29H37FN6O4S. The van der Waals surface area contributed by atoms with E-state index in [0.29, 0.717) is 11.3 Å². The molecule has 2 atom stereocenters. The van der Waals surface area contributed by atoms with E-state index < -0.39 is 32.7 Å². The number of ether oxygens (including phenoxy) is 1. The summed E-state index contributed by atoms with van der Waals surface area (Å²) in [4.78, 5) is 17.9. The first-order valence-electron chi connectivity index (χ1n) is 13.4. The summed E-state index contributed by atoms with van der Waals surface area (Å²) in [5.41, 5.74) is 0.834. The molecule has 0 saturated carbocycles. The Kier molecular flexibility index (Phi) is 9.25. The van der Waals surface area contributed by atoms with Crippen LogP contribution in [0, 0.1) is 0 Å². The highest BCUT2D eigenvalue weighted by molar-refractivity contribution is 7.90. The number of sulfonamides is 1. The highest BCUT2D eigenvalue weighted by Crippen LogP contribution is 2.39. The van der Waals surface area contributed by atoms with E-state index in [0.717, 1.165) is 37.6 Å². The topological polar surface area (TPSA) is 120 Å². The monoisotopic (exact) mass is 584 g/mol. The fraction of sp³-hybridized carbons (Fsp3) is 0.414. The van der Waals surface area contributed by atoms with Gasteiger partial charge in [-0.1, -0.05) is 49.6 Å². The molecule has 1 unspecified atom stereocenters. The number of amidine groups is 1. The van der Waals surface area contributed by atoms with Gasteiger partial charge in [0.05, 0.1) is 24.1 Å². The van der Waals surface area contributed by atoms with Crippen molar-refractivity contribution in [2.45, 2.75) is 37.2 Å². The van der Waals surface area contributed by atoms with Gasteiger partial charge in [-0.3, -0.25) is 4.98 Å². The standard InChI is InChI=1S/C29H37FN6O4S/c1-6-7-23(20(2)30)24(12-17-37)33-28-34-41(38,39)27(29(3,4)40-28)22-10-8-21(9-11-22)25-18-32-26(19-31-25)36-15-13-35(5)14-16-36/h6-11,18-19,24,27,37H,1-2,12-17H2,3-5H3,(H,33,34)/b23-7+/t24-,27?/m0/s1. The van der Waals surface area contributed by atoms with E-state index in [-0.39, 0.29) is 24.6 Å². The van der Waals surface area contributed by atoms with E-state index in [4.69, 9.17) is 4.74 Å². The number of anilines is 1. The van der Waals surface area contributed by atoms with Gasteiger partial charge in [0.1, 0.15) is 22.5 Å². The normalized spacial score (nSPS) is 22.5. The second-order valence-corrected chi connectivity index (χ2v) is 12.4. The molecule has 41 heavy (non-hydrogen) atoms. The Balaban J connectivity index is 1.54. The quantitative estimate of drug-likeness (QED) is 0.431. The first kappa shape index (κ1) is 30.4. The number of likely N-dealkylation sites (N-methyl/N-ethyl adjacent to an activating group) is 1. The number of benzene rings is 1. The number of aliphatic hydroxyl groups excluding tert-OH is 1. The molecule has 0 amide bonds. The molecule has 2 aromatic rings. The van der Waals surface area contributed by atoms with Crippen LogP contribution in [0.4, 0.5) is 10.2 Å². The van der Waals surface area contributed by atoms with Crippen LogP contribution < -0.4 is 9.62 Å². The lowest BCUT2D eigenvalue weighted by Crippen LogP contribution is -2.53. The summed E-state index contributed by atoms with van der Waals surface area (Å²) < 4.78 is 49.4. The lowest BCUT2D eigenvalue weighted by Gasteiger charge is -2.39. The summed E-state index contributed by atoms with van der Waals surface area (Å²) in [6, 6.07) is 5.86. The molecule has 10 nitrogen and oxygen atoms in total. The lowest BCUT2D eigenvalue weighted by molar-refractivity contribution is 0.0761. The van der Waals surface area contributed by atoms with E-state index in [9.17, 15) is 17.9 Å². The van der Waals surface area contributed by atoms with E-state index >= 15 is 0 Å². The molecule has 0 aliphatic carbocycles. The maximum atomic E-state index is 14.1. The number of aromatic nitrogens is 2. The van der Waals surface area contributed by atoms with E-state index in [1.165, 1.54) is 12.2 Å². The fourth-order valence-corrected chi connectivity index (χ4v) is 6.84. The summed E-state index contributed by atoms with van der Waals surface area (Å²) in [6.45, 7) is 13.6. The number of aliphatic imine (C=N–C) groups is 1. The van der Waals surface area contributed by atoms with Crippen molar-refractivity contribution in [1.82, 2.24) is 19.6 Å². The summed E-state index contributed by atoms with van der Waals surface area (Å²) in [6.07, 6.45) is 6.26. The number of nitrogens with one attached hydrogen (secondary N) is 1. The Morgan fingerprint density at radius 1 is 1.24 bits per heavy atom. The van der Waals surface area contributed by atoms with Gasteiger partial charge in [-0.2, -0.15) is 0 Å². The first-order valence-corrected chi connectivity index (χ1v) is 14.9. The van der Waals surface area contributed by atoms with Crippen molar-refractivity contribution in [2.24, 2.45) is 4.99 Å². The summed E-state index contributed by atoms with van der Waals surface area (Å²) >= 11 is 0. The number of rotatable bonds is 9. The number of hydrogen-bond donors (Lipinski definition) is 2. The first-order chi connectivity index (χ1) is 19.4. The van der Waals surface area contributed by atoms with Crippen LogP contribution >= 0.6 is 0 Å². The van der Waals surface area contributed by atoms with Crippen LogP contribution in [0.15, 0.2) is 78.4 Å². The van der Waals surface area contributed by atoms with Crippen LogP contribution in [-0.2, 0) is 14.8 Å². The van der Waals surface area contributed by atoms with E-state index in [2.05, 4.69) is 49.7 Å². The van der Waals surface area contributed by atoms with Crippen molar-refractivity contribution in [3.63, 3.8) is 0 Å². The molecule has 2 saturated heterocycles. The molecule has 2 aliphatic rings. The SMILES string of the molecule is C=C/C=C(\C(=C)F)[C@H](CCO)N=C1NS(=O)(=O)C(c2ccc(-c3cnc(N4CCN(C)CC4)cn3)cc2)C(C)(C)O1. The molecular weight excluding hydrogens is 547 g/mol. The fourth-order valence-electron chi connectivity index (χ4n) is 5.07. The van der Waals surface area contributed by atoms with Crippen molar-refractivity contribution < 1.29 is 22.7 Å². The zero-order valence-corrected chi connectivity index (χ0v) is 24.4. The molecule has 0 bridgehead atoms. The third-order valence-corrected chi connectivity index (χ3v) is 9.07. The Hall–Kier alpha value is -3.61. The van der Waals surface area contributed by atoms with Gasteiger partial charge in [-0.15, -0.1) is 0 Å². The Bertz CT molecular complexity index is 1420. The molecule has 1 aromatic carbocycles. The van der Waals surface area contributed by atoms with E-state index in [1.54, 1.807) is 50.5 Å². The van der Waals surface area contributed by atoms with Gasteiger partial charge in [-0.25, -0.2) is 27.5 Å². The maximum Gasteiger partial charge on any atom is 0.299 e. The zero-order chi connectivity index (χ0) is 29.8. The second-order valence-electron chi connectivity index (χ2n) is 10.6. The molecule has 2 aliphatic heterocycles. The molecule has 220 valence electrons. The third kappa shape index (κ3) is 7.00. The summed E-state index contributed by atoms with van der Waals surface area (Å²) in [5.74, 6) is 0.0700. The van der Waals surface area contributed by atoms with Crippen LogP contribution in [0.5, 0.6) is 0 Å². The van der Waals surface area contributed by atoms with Crippen molar-refractivity contribution in [1.29, 1.82) is 0 Å². The Labute approximate surface area is 241 Å². The zero-order valence-electron chi connectivity index (χ0n) is 23.6. The van der Waals surface area contributed by atoms with Gasteiger partial charge >= 0.3 is 0 Å². The summed E-state index contributed by atoms with van der Waals surface area (Å²) in [7, 11) is -1.91. The van der Waals surface area contributed by atoms with Crippen molar-refractivity contribution >= 4 is 21.9 Å². The van der Waals surface area contributed by atoms with Crippen LogP contribution in [0.3, 0.4) is 0 Å². The molecule has 4 rings (SSSR count). The molecule has 0 radical (unpaired) electrons. The van der Waals surface area contributed by atoms with Gasteiger partial charge in [0.15, 0.2) is 0 Å². The molecule has 1 aromatic heterocycles. The minimum Gasteiger partial charge on any atom is -0.457 e. The summed E-state index contributed by atoms with van der Waals surface area (Å²) in [5, 5.41) is 8.42. The van der Waals surface area contributed by atoms with Crippen LogP contribution in [-0.4, -0.2) is 85.9 Å². The highest BCUT2D eigenvalue weighted by Gasteiger charge is 2.48. The number of nitrogens with zero attached hydrogens (tertiary/aromatic N) is 5. The van der Waals surface area contributed by atoms with Gasteiger partial charge in [0.2, 0.25) is 10.0 Å². The van der Waals surface area contributed by atoms with Gasteiger partial charge in [0.25, 0.3) is 6.02 Å². The van der Waals surface area contributed by atoms with Gasteiger partial charge < -0.3 is 19.6 Å². The lowest BCUT2D eigenvalue weighted by atomic mass is 9.96. The van der Waals surface area contributed by atoms with Crippen molar-refractivity contribution in [2.75, 3.05) is 44.7 Å². The molecule has 0 spiro atoms. The predicted molar refractivity (Wildman–Crippen MR) is 159 cm³/mol. The number of piperazine rings is 1. The minimum absolute atomic E-state index is 0.0295. The van der Waals surface area contributed by atoms with Crippen LogP contribution in [0.1, 0.15) is 31.1 Å². The second kappa shape index (κ2) is 12.5. The third-order valence-electron chi connectivity index (χ3n) is 7.15. The van der Waals surface area contributed by atoms with E-state index in [1.807, 2.05) is 0 Å². The number of allylic oxidation sites excluding steroid dienone is 2. The van der Waals surface area contributed by atoms with Gasteiger partial charge in [-0.05, 0) is 32.9 Å². The van der Waals surface area contributed by atoms with Crippen LogP contribution in [0.25, 0.3) is 11.3 Å². The number of halogens is 1. The van der Waals surface area contributed by atoms with Gasteiger partial charge in [0, 0.05) is 43.9 Å². The number of hydrogen-bond acceptors (Lipinski definition) is 9. The number of aliphatic hydroxyl groups is 1. The average Bonchev–Trinajstić information content (AvgIpc) is 2.91. The molecule has 12 heteroatoms. The van der Waals surface area contributed by atoms with Crippen LogP contribution in [0.2, 0.25) is 0 Å². The maximum absolute atomic E-state index is 14.1. The predicted octanol–water partition coefficient (Wildman–Crippen LogP) is 3.37. The average molecular weight is 585 g/mol. The minimum atomic E-state index is -4.01. The molecule has 2 fully saturated rings. The van der Waals surface area contributed by atoms with Crippen molar-refractivity contribution in [3.8, 4) is 11.3 Å². The largest absolute Gasteiger partial charge is 0.457 e. The highest BCUT2D eigenvalue weighted by atomic mass is 32.2. The van der Waals surface area contributed by atoms with Crippen molar-refractivity contribution in [3.05, 3.63) is 78.9 Å². The molecule has 3 heterocycles. The Morgan fingerprint density at radius 3 is 2.46 bits per heavy atom. The smallest absolute Gasteiger partial charge is 0.299 e.